The topological polar surface area (TPSA) is 29.5 Å². The van der Waals surface area contributed by atoms with Gasteiger partial charge < -0.3 is 4.74 Å². The number of rotatable bonds is 11. The molecule has 0 radical (unpaired) electrons. The highest BCUT2D eigenvalue weighted by Crippen LogP contribution is 2.18. The quantitative estimate of drug-likeness (QED) is 0.450. The summed E-state index contributed by atoms with van der Waals surface area (Å²) in [5.41, 5.74) is 2.31. The lowest BCUT2D eigenvalue weighted by Gasteiger charge is -2.19. The van der Waals surface area contributed by atoms with Crippen LogP contribution < -0.4 is 0 Å². The van der Waals surface area contributed by atoms with Crippen molar-refractivity contribution in [2.45, 2.75) is 33.1 Å². The first-order chi connectivity index (χ1) is 11.5. The van der Waals surface area contributed by atoms with Gasteiger partial charge in [-0.1, -0.05) is 50.3 Å². The Labute approximate surface area is 147 Å². The van der Waals surface area contributed by atoms with Gasteiger partial charge in [-0.3, -0.25) is 9.69 Å². The van der Waals surface area contributed by atoms with Gasteiger partial charge in [-0.15, -0.1) is 13.2 Å². The Morgan fingerprint density at radius 1 is 1.12 bits per heavy atom. The van der Waals surface area contributed by atoms with Crippen LogP contribution in [-0.4, -0.2) is 37.1 Å². The number of esters is 1. The molecule has 0 spiro atoms. The van der Waals surface area contributed by atoms with Crippen molar-refractivity contribution < 1.29 is 9.53 Å². The van der Waals surface area contributed by atoms with Gasteiger partial charge in [-0.25, -0.2) is 0 Å². The van der Waals surface area contributed by atoms with E-state index in [9.17, 15) is 4.79 Å². The van der Waals surface area contributed by atoms with Crippen LogP contribution in [0.2, 0.25) is 0 Å². The fourth-order valence-electron chi connectivity index (χ4n) is 2.57. The molecule has 0 aliphatic rings. The Hall–Kier alpha value is -1.87. The Morgan fingerprint density at radius 2 is 1.71 bits per heavy atom. The molecule has 24 heavy (non-hydrogen) atoms. The van der Waals surface area contributed by atoms with Crippen LogP contribution in [0.5, 0.6) is 0 Å². The first-order valence-electron chi connectivity index (χ1n) is 8.67. The molecular weight excluding hydrogens is 298 g/mol. The molecule has 3 heteroatoms. The standard InChI is InChI=1S/C21H31NO2/c1-6-12-22(13-7-2)14-15-24-21(23)18(5)20-10-8-19(9-11-20)16-17(3)4/h6-11,17-18H,1-2,12-16H2,3-5H3. The van der Waals surface area contributed by atoms with Crippen LogP contribution in [0.4, 0.5) is 0 Å². The van der Waals surface area contributed by atoms with Gasteiger partial charge in [0.2, 0.25) is 0 Å². The number of benzene rings is 1. The minimum absolute atomic E-state index is 0.177. The Bertz CT molecular complexity index is 509. The summed E-state index contributed by atoms with van der Waals surface area (Å²) >= 11 is 0. The normalized spacial score (nSPS) is 12.2. The monoisotopic (exact) mass is 329 g/mol. The molecule has 0 aliphatic heterocycles. The number of carbonyl (C=O) groups is 1. The summed E-state index contributed by atoms with van der Waals surface area (Å²) in [5.74, 6) is 0.210. The lowest BCUT2D eigenvalue weighted by Crippen LogP contribution is -2.29. The molecule has 1 unspecified atom stereocenters. The van der Waals surface area contributed by atoms with Crippen molar-refractivity contribution in [3.05, 3.63) is 60.7 Å². The van der Waals surface area contributed by atoms with E-state index < -0.39 is 0 Å². The van der Waals surface area contributed by atoms with Crippen LogP contribution in [0.25, 0.3) is 0 Å². The minimum Gasteiger partial charge on any atom is -0.464 e. The third-order valence-corrected chi connectivity index (χ3v) is 3.90. The summed E-state index contributed by atoms with van der Waals surface area (Å²) in [5, 5.41) is 0. The zero-order chi connectivity index (χ0) is 17.9. The van der Waals surface area contributed by atoms with Crippen molar-refractivity contribution in [2.75, 3.05) is 26.2 Å². The van der Waals surface area contributed by atoms with E-state index in [1.54, 1.807) is 0 Å². The molecule has 0 heterocycles. The number of hydrogen-bond donors (Lipinski definition) is 0. The van der Waals surface area contributed by atoms with Crippen molar-refractivity contribution in [1.29, 1.82) is 0 Å². The van der Waals surface area contributed by atoms with Crippen LogP contribution in [0.15, 0.2) is 49.6 Å². The lowest BCUT2D eigenvalue weighted by atomic mass is 9.97. The van der Waals surface area contributed by atoms with Gasteiger partial charge in [-0.05, 0) is 30.4 Å². The molecule has 0 amide bonds. The molecule has 0 bridgehead atoms. The highest BCUT2D eigenvalue weighted by molar-refractivity contribution is 5.77. The molecule has 0 aliphatic carbocycles. The van der Waals surface area contributed by atoms with E-state index in [0.717, 1.165) is 25.1 Å². The van der Waals surface area contributed by atoms with Crippen molar-refractivity contribution >= 4 is 5.97 Å². The van der Waals surface area contributed by atoms with Crippen molar-refractivity contribution in [2.24, 2.45) is 5.92 Å². The van der Waals surface area contributed by atoms with Crippen molar-refractivity contribution in [3.8, 4) is 0 Å². The van der Waals surface area contributed by atoms with Crippen LogP contribution in [-0.2, 0) is 16.0 Å². The van der Waals surface area contributed by atoms with Gasteiger partial charge in [0.25, 0.3) is 0 Å². The van der Waals surface area contributed by atoms with Gasteiger partial charge >= 0.3 is 5.97 Å². The van der Waals surface area contributed by atoms with Crippen LogP contribution in [0.3, 0.4) is 0 Å². The first kappa shape index (κ1) is 20.2. The van der Waals surface area contributed by atoms with E-state index >= 15 is 0 Å². The first-order valence-corrected chi connectivity index (χ1v) is 8.67. The van der Waals surface area contributed by atoms with Crippen molar-refractivity contribution in [3.63, 3.8) is 0 Å². The SMILES string of the molecule is C=CCN(CC=C)CCOC(=O)C(C)c1ccc(CC(C)C)cc1. The highest BCUT2D eigenvalue weighted by atomic mass is 16.5. The second-order valence-electron chi connectivity index (χ2n) is 6.57. The number of ether oxygens (including phenoxy) is 1. The number of carbonyl (C=O) groups excluding carboxylic acids is 1. The van der Waals surface area contributed by atoms with Gasteiger partial charge in [0.15, 0.2) is 0 Å². The predicted octanol–water partition coefficient (Wildman–Crippen LogP) is 4.21. The fourth-order valence-corrected chi connectivity index (χ4v) is 2.57. The predicted molar refractivity (Wildman–Crippen MR) is 101 cm³/mol. The maximum atomic E-state index is 12.2. The van der Waals surface area contributed by atoms with E-state index in [2.05, 4.69) is 44.0 Å². The van der Waals surface area contributed by atoms with Gasteiger partial charge in [-0.2, -0.15) is 0 Å². The summed E-state index contributed by atoms with van der Waals surface area (Å²) in [6, 6.07) is 8.28. The van der Waals surface area contributed by atoms with E-state index in [0.29, 0.717) is 19.1 Å². The molecule has 0 N–H and O–H groups in total. The fraction of sp³-hybridized carbons (Fsp3) is 0.476. The average Bonchev–Trinajstić information content (AvgIpc) is 2.54. The summed E-state index contributed by atoms with van der Waals surface area (Å²) in [6.45, 7) is 16.4. The smallest absolute Gasteiger partial charge is 0.313 e. The van der Waals surface area contributed by atoms with Gasteiger partial charge in [0, 0.05) is 19.6 Å². The molecule has 0 fully saturated rings. The Kier molecular flexibility index (Phi) is 9.10. The zero-order valence-electron chi connectivity index (χ0n) is 15.3. The van der Waals surface area contributed by atoms with Gasteiger partial charge in [0.1, 0.15) is 6.61 Å². The molecule has 3 nitrogen and oxygen atoms in total. The van der Waals surface area contributed by atoms with E-state index in [-0.39, 0.29) is 11.9 Å². The third kappa shape index (κ3) is 7.14. The average molecular weight is 329 g/mol. The molecule has 0 saturated carbocycles. The second kappa shape index (κ2) is 10.8. The second-order valence-corrected chi connectivity index (χ2v) is 6.57. The van der Waals surface area contributed by atoms with Crippen LogP contribution in [0.1, 0.15) is 37.8 Å². The molecule has 0 saturated heterocycles. The largest absolute Gasteiger partial charge is 0.464 e. The third-order valence-electron chi connectivity index (χ3n) is 3.90. The molecule has 1 aromatic rings. The molecule has 0 aromatic heterocycles. The molecule has 1 rings (SSSR count). The Balaban J connectivity index is 2.49. The minimum atomic E-state index is -0.245. The summed E-state index contributed by atoms with van der Waals surface area (Å²) in [7, 11) is 0. The maximum absolute atomic E-state index is 12.2. The molecule has 1 atom stereocenters. The van der Waals surface area contributed by atoms with Crippen LogP contribution in [0, 0.1) is 5.92 Å². The molecule has 1 aromatic carbocycles. The lowest BCUT2D eigenvalue weighted by molar-refractivity contribution is -0.145. The Morgan fingerprint density at radius 3 is 2.21 bits per heavy atom. The zero-order valence-corrected chi connectivity index (χ0v) is 15.3. The van der Waals surface area contributed by atoms with E-state index in [4.69, 9.17) is 4.74 Å². The summed E-state index contributed by atoms with van der Waals surface area (Å²) in [4.78, 5) is 14.3. The van der Waals surface area contributed by atoms with Crippen LogP contribution >= 0.6 is 0 Å². The highest BCUT2D eigenvalue weighted by Gasteiger charge is 2.17. The number of nitrogens with zero attached hydrogens (tertiary/aromatic N) is 1. The van der Waals surface area contributed by atoms with E-state index in [1.165, 1.54) is 5.56 Å². The molecular formula is C21H31NO2. The number of hydrogen-bond acceptors (Lipinski definition) is 3. The summed E-state index contributed by atoms with van der Waals surface area (Å²) in [6.07, 6.45) is 4.74. The van der Waals surface area contributed by atoms with Crippen molar-refractivity contribution in [1.82, 2.24) is 4.90 Å². The van der Waals surface area contributed by atoms with Gasteiger partial charge in [0.05, 0.1) is 5.92 Å². The molecule has 132 valence electrons. The summed E-state index contributed by atoms with van der Waals surface area (Å²) < 4.78 is 5.43. The maximum Gasteiger partial charge on any atom is 0.313 e. The van der Waals surface area contributed by atoms with E-state index in [1.807, 2.05) is 31.2 Å².